The van der Waals surface area contributed by atoms with E-state index in [4.69, 9.17) is 13.6 Å². The summed E-state index contributed by atoms with van der Waals surface area (Å²) in [4.78, 5) is 11.7. The van der Waals surface area contributed by atoms with Gasteiger partial charge in [-0.1, -0.05) is 13.8 Å². The lowest BCUT2D eigenvalue weighted by atomic mass is 9.78. The van der Waals surface area contributed by atoms with Gasteiger partial charge in [0, 0.05) is 17.0 Å². The number of hydrogen-bond donors (Lipinski definition) is 2. The third-order valence-corrected chi connectivity index (χ3v) is 4.30. The highest BCUT2D eigenvalue weighted by molar-refractivity contribution is 6.05. The Morgan fingerprint density at radius 1 is 1.22 bits per heavy atom. The molecule has 0 radical (unpaired) electrons. The van der Waals surface area contributed by atoms with Crippen LogP contribution in [0.1, 0.15) is 19.4 Å². The molecule has 0 bridgehead atoms. The van der Waals surface area contributed by atoms with Crippen LogP contribution in [-0.2, 0) is 5.41 Å². The molecule has 0 aliphatic heterocycles. The molecule has 3 rings (SSSR count). The van der Waals surface area contributed by atoms with E-state index in [1.54, 1.807) is 26.0 Å². The van der Waals surface area contributed by atoms with Gasteiger partial charge in [0.15, 0.2) is 0 Å². The fraction of sp³-hybridized carbons (Fsp3) is 0.353. The van der Waals surface area contributed by atoms with Crippen molar-refractivity contribution in [2.24, 2.45) is 0 Å². The number of fused-ring (bicyclic) bond motifs is 2. The monoisotopic (exact) mass is 318 g/mol. The number of benzene rings is 1. The van der Waals surface area contributed by atoms with Gasteiger partial charge >= 0.3 is 5.63 Å². The summed E-state index contributed by atoms with van der Waals surface area (Å²) in [5, 5.41) is 20.9. The molecule has 0 unspecified atom stereocenters. The summed E-state index contributed by atoms with van der Waals surface area (Å²) in [6, 6.07) is 4.69. The Kier molecular flexibility index (Phi) is 3.66. The van der Waals surface area contributed by atoms with Gasteiger partial charge in [0.2, 0.25) is 0 Å². The number of aliphatic hydroxyl groups excluding tert-OH is 2. The highest BCUT2D eigenvalue weighted by Crippen LogP contribution is 2.44. The highest BCUT2D eigenvalue weighted by Gasteiger charge is 2.36. The minimum atomic E-state index is -1.06. The first-order valence-corrected chi connectivity index (χ1v) is 7.22. The van der Waals surface area contributed by atoms with Crippen LogP contribution in [-0.4, -0.2) is 30.0 Å². The summed E-state index contributed by atoms with van der Waals surface area (Å²) in [6.07, 6.45) is 0.452. The number of ether oxygens (including phenoxy) is 1. The van der Waals surface area contributed by atoms with Crippen LogP contribution in [0, 0.1) is 0 Å². The van der Waals surface area contributed by atoms with E-state index in [0.29, 0.717) is 27.7 Å². The van der Waals surface area contributed by atoms with Gasteiger partial charge in [-0.2, -0.15) is 0 Å². The van der Waals surface area contributed by atoms with Crippen molar-refractivity contribution in [1.82, 2.24) is 0 Å². The van der Waals surface area contributed by atoms with Gasteiger partial charge in [0.25, 0.3) is 0 Å². The summed E-state index contributed by atoms with van der Waals surface area (Å²) >= 11 is 0. The van der Waals surface area contributed by atoms with Crippen LogP contribution in [0.15, 0.2) is 38.1 Å². The summed E-state index contributed by atoms with van der Waals surface area (Å²) in [7, 11) is 1.53. The molecule has 1 aromatic carbocycles. The molecule has 0 amide bonds. The van der Waals surface area contributed by atoms with Crippen molar-refractivity contribution >= 4 is 21.9 Å². The molecule has 6 heteroatoms. The minimum absolute atomic E-state index is 0.286. The number of rotatable bonds is 4. The number of furan rings is 1. The Labute approximate surface area is 131 Å². The molecule has 0 aliphatic carbocycles. The highest BCUT2D eigenvalue weighted by atomic mass is 16.5. The van der Waals surface area contributed by atoms with Crippen LogP contribution in [0.3, 0.4) is 0 Å². The quantitative estimate of drug-likeness (QED) is 0.716. The molecule has 0 aliphatic rings. The summed E-state index contributed by atoms with van der Waals surface area (Å²) < 4.78 is 16.5. The Bertz CT molecular complexity index is 918. The fourth-order valence-electron chi connectivity index (χ4n) is 2.91. The summed E-state index contributed by atoms with van der Waals surface area (Å²) in [5.41, 5.74) is -0.156. The maximum Gasteiger partial charge on any atom is 0.336 e. The smallest absolute Gasteiger partial charge is 0.336 e. The SMILES string of the molecule is COc1c2ccoc2c(C(C)(C)[C@@H](O)CO)c2oc(=O)ccc12. The van der Waals surface area contributed by atoms with E-state index in [1.807, 2.05) is 0 Å². The van der Waals surface area contributed by atoms with Crippen molar-refractivity contribution in [3.8, 4) is 5.75 Å². The van der Waals surface area contributed by atoms with E-state index in [9.17, 15) is 15.0 Å². The first-order valence-electron chi connectivity index (χ1n) is 7.22. The Morgan fingerprint density at radius 3 is 2.57 bits per heavy atom. The van der Waals surface area contributed by atoms with E-state index < -0.39 is 23.8 Å². The molecule has 122 valence electrons. The van der Waals surface area contributed by atoms with Crippen LogP contribution in [0.4, 0.5) is 0 Å². The van der Waals surface area contributed by atoms with Gasteiger partial charge in [-0.25, -0.2) is 4.79 Å². The lowest BCUT2D eigenvalue weighted by molar-refractivity contribution is 0.0415. The van der Waals surface area contributed by atoms with Crippen molar-refractivity contribution in [1.29, 1.82) is 0 Å². The normalized spacial score (nSPS) is 13.6. The number of methoxy groups -OCH3 is 1. The maximum atomic E-state index is 11.7. The van der Waals surface area contributed by atoms with Crippen LogP contribution in [0.5, 0.6) is 5.75 Å². The molecule has 1 atom stereocenters. The summed E-state index contributed by atoms with van der Waals surface area (Å²) in [5.74, 6) is 0.533. The molecule has 3 aromatic rings. The third kappa shape index (κ3) is 2.22. The lowest BCUT2D eigenvalue weighted by Gasteiger charge is -2.30. The molecule has 6 nitrogen and oxygen atoms in total. The van der Waals surface area contributed by atoms with E-state index in [-0.39, 0.29) is 5.58 Å². The van der Waals surface area contributed by atoms with Crippen LogP contribution >= 0.6 is 0 Å². The zero-order valence-electron chi connectivity index (χ0n) is 13.1. The molecule has 0 spiro atoms. The van der Waals surface area contributed by atoms with E-state index in [1.165, 1.54) is 19.4 Å². The molecule has 2 aromatic heterocycles. The van der Waals surface area contributed by atoms with Crippen molar-refractivity contribution in [2.75, 3.05) is 13.7 Å². The van der Waals surface area contributed by atoms with E-state index in [2.05, 4.69) is 0 Å². The van der Waals surface area contributed by atoms with Crippen molar-refractivity contribution < 1.29 is 23.8 Å². The predicted octanol–water partition coefficient (Wildman–Crippen LogP) is 2.18. The van der Waals surface area contributed by atoms with Crippen molar-refractivity contribution in [2.45, 2.75) is 25.4 Å². The second kappa shape index (κ2) is 5.40. The topological polar surface area (TPSA) is 93.0 Å². The van der Waals surface area contributed by atoms with Crippen LogP contribution in [0.25, 0.3) is 21.9 Å². The van der Waals surface area contributed by atoms with Gasteiger partial charge in [-0.3, -0.25) is 0 Å². The van der Waals surface area contributed by atoms with Gasteiger partial charge in [-0.05, 0) is 12.1 Å². The first kappa shape index (κ1) is 15.6. The molecular weight excluding hydrogens is 300 g/mol. The van der Waals surface area contributed by atoms with Crippen LogP contribution < -0.4 is 10.4 Å². The van der Waals surface area contributed by atoms with Gasteiger partial charge in [0.1, 0.15) is 16.9 Å². The Morgan fingerprint density at radius 2 is 1.91 bits per heavy atom. The standard InChI is InChI=1S/C17H18O6/c1-17(2,11(19)8-18)13-15-10(6-7-22-15)14(21-3)9-4-5-12(20)23-16(9)13/h4-7,11,18-19H,8H2,1-3H3/t11-/m0/s1. The zero-order chi connectivity index (χ0) is 16.8. The average molecular weight is 318 g/mol. The molecule has 23 heavy (non-hydrogen) atoms. The second-order valence-corrected chi connectivity index (χ2v) is 5.99. The van der Waals surface area contributed by atoms with Crippen molar-refractivity contribution in [3.05, 3.63) is 40.4 Å². The molecule has 0 fully saturated rings. The summed E-state index contributed by atoms with van der Waals surface area (Å²) in [6.45, 7) is 3.08. The number of hydrogen-bond acceptors (Lipinski definition) is 6. The average Bonchev–Trinajstić information content (AvgIpc) is 2.99. The Hall–Kier alpha value is -2.31. The molecule has 0 saturated heterocycles. The molecule has 0 saturated carbocycles. The molecule has 2 heterocycles. The second-order valence-electron chi connectivity index (χ2n) is 5.99. The Balaban J connectivity index is 2.54. The fourth-order valence-corrected chi connectivity index (χ4v) is 2.91. The van der Waals surface area contributed by atoms with Gasteiger partial charge < -0.3 is 23.8 Å². The minimum Gasteiger partial charge on any atom is -0.495 e. The van der Waals surface area contributed by atoms with Crippen molar-refractivity contribution in [3.63, 3.8) is 0 Å². The van der Waals surface area contributed by atoms with E-state index >= 15 is 0 Å². The van der Waals surface area contributed by atoms with E-state index in [0.717, 1.165) is 0 Å². The van der Waals surface area contributed by atoms with Gasteiger partial charge in [0.05, 0.1) is 36.9 Å². The maximum absolute atomic E-state index is 11.7. The predicted molar refractivity (Wildman–Crippen MR) is 84.9 cm³/mol. The lowest BCUT2D eigenvalue weighted by Crippen LogP contribution is -2.36. The van der Waals surface area contributed by atoms with Gasteiger partial charge in [-0.15, -0.1) is 0 Å². The molecular formula is C17H18O6. The zero-order valence-corrected chi connectivity index (χ0v) is 13.1. The molecule has 2 N–H and O–H groups in total. The first-order chi connectivity index (χ1) is 10.9. The van der Waals surface area contributed by atoms with Crippen LogP contribution in [0.2, 0.25) is 0 Å². The largest absolute Gasteiger partial charge is 0.495 e. The number of aliphatic hydroxyl groups is 2. The third-order valence-electron chi connectivity index (χ3n) is 4.30.